The molecule has 1 aliphatic heterocycles. The molecule has 0 spiro atoms. The van der Waals surface area contributed by atoms with Crippen LogP contribution in [0.15, 0.2) is 24.3 Å². The molecule has 1 heterocycles. The van der Waals surface area contributed by atoms with Crippen molar-refractivity contribution in [3.8, 4) is 0 Å². The lowest BCUT2D eigenvalue weighted by atomic mass is 9.99. The Morgan fingerprint density at radius 1 is 1.00 bits per heavy atom. The average molecular weight is 454 g/mol. The van der Waals surface area contributed by atoms with Crippen LogP contribution in [0, 0.1) is 5.92 Å². The topological polar surface area (TPSA) is 160 Å². The van der Waals surface area contributed by atoms with Gasteiger partial charge in [0.15, 0.2) is 6.10 Å². The minimum Gasteiger partial charge on any atom is -0.479 e. The van der Waals surface area contributed by atoms with E-state index in [9.17, 15) is 29.7 Å². The number of rotatable bonds is 10. The summed E-state index contributed by atoms with van der Waals surface area (Å²) in [5.74, 6) is -3.23. The molecule has 10 heteroatoms. The molecule has 1 aromatic carbocycles. The zero-order valence-corrected chi connectivity index (χ0v) is 18.0. The van der Waals surface area contributed by atoms with Crippen molar-refractivity contribution in [3.63, 3.8) is 0 Å². The molecule has 0 aromatic heterocycles. The predicted molar refractivity (Wildman–Crippen MR) is 110 cm³/mol. The van der Waals surface area contributed by atoms with Crippen LogP contribution in [0.1, 0.15) is 60.2 Å². The van der Waals surface area contributed by atoms with Crippen LogP contribution >= 0.6 is 0 Å². The number of hydrogen-bond donors (Lipinski definition) is 4. The number of aliphatic hydroxyl groups excluding tert-OH is 3. The minimum atomic E-state index is -1.92. The first-order valence-electron chi connectivity index (χ1n) is 10.6. The van der Waals surface area contributed by atoms with Crippen LogP contribution in [0.3, 0.4) is 0 Å². The van der Waals surface area contributed by atoms with Gasteiger partial charge in [-0.25, -0.2) is 14.4 Å². The molecule has 10 nitrogen and oxygen atoms in total. The number of benzene rings is 1. The van der Waals surface area contributed by atoms with Crippen molar-refractivity contribution in [3.05, 3.63) is 35.4 Å². The van der Waals surface area contributed by atoms with E-state index in [1.165, 1.54) is 24.3 Å². The summed E-state index contributed by atoms with van der Waals surface area (Å²) in [4.78, 5) is 36.5. The number of aliphatic carboxylic acids is 1. The molecule has 32 heavy (non-hydrogen) atoms. The summed E-state index contributed by atoms with van der Waals surface area (Å²) in [6.45, 7) is 4.28. The Morgan fingerprint density at radius 3 is 2.19 bits per heavy atom. The molecular weight excluding hydrogens is 424 g/mol. The van der Waals surface area contributed by atoms with E-state index in [4.69, 9.17) is 19.3 Å². The number of aliphatic hydroxyl groups is 3. The Balaban J connectivity index is 2.11. The Labute approximate surface area is 185 Å². The van der Waals surface area contributed by atoms with Gasteiger partial charge >= 0.3 is 17.9 Å². The van der Waals surface area contributed by atoms with Gasteiger partial charge < -0.3 is 34.6 Å². The van der Waals surface area contributed by atoms with Gasteiger partial charge in [-0.15, -0.1) is 0 Å². The van der Waals surface area contributed by atoms with Gasteiger partial charge in [0.05, 0.1) is 17.7 Å². The molecule has 1 aromatic rings. The van der Waals surface area contributed by atoms with E-state index in [-0.39, 0.29) is 23.7 Å². The SMILES string of the molecule is CCCCC(CC)COC(=O)c1ccccc1C(=O)O[C@@H]1O[C@H](C(=O)O)[C@@H](O)C(O)[C@H]1O. The lowest BCUT2D eigenvalue weighted by Crippen LogP contribution is -2.60. The predicted octanol–water partition coefficient (Wildman–Crippen LogP) is 1.11. The quantitative estimate of drug-likeness (QED) is 0.377. The Morgan fingerprint density at radius 2 is 1.62 bits per heavy atom. The third kappa shape index (κ3) is 6.26. The van der Waals surface area contributed by atoms with Crippen LogP contribution in [-0.4, -0.2) is 75.6 Å². The van der Waals surface area contributed by atoms with Crippen LogP contribution in [-0.2, 0) is 19.0 Å². The van der Waals surface area contributed by atoms with E-state index in [1.807, 2.05) is 6.92 Å². The summed E-state index contributed by atoms with van der Waals surface area (Å²) in [5, 5.41) is 38.7. The van der Waals surface area contributed by atoms with Crippen molar-refractivity contribution in [1.29, 1.82) is 0 Å². The highest BCUT2D eigenvalue weighted by molar-refractivity contribution is 6.03. The van der Waals surface area contributed by atoms with Gasteiger partial charge in [-0.1, -0.05) is 45.2 Å². The van der Waals surface area contributed by atoms with Crippen molar-refractivity contribution in [2.75, 3.05) is 6.61 Å². The molecule has 2 rings (SSSR count). The molecule has 0 aliphatic carbocycles. The number of carboxylic acid groups (broad SMARTS) is 1. The first kappa shape index (κ1) is 25.7. The first-order valence-corrected chi connectivity index (χ1v) is 10.6. The highest BCUT2D eigenvalue weighted by Crippen LogP contribution is 2.24. The van der Waals surface area contributed by atoms with Crippen LogP contribution in [0.5, 0.6) is 0 Å². The van der Waals surface area contributed by atoms with Crippen molar-refractivity contribution in [2.24, 2.45) is 5.92 Å². The van der Waals surface area contributed by atoms with Crippen molar-refractivity contribution in [2.45, 2.75) is 70.2 Å². The molecule has 0 amide bonds. The molecule has 1 aliphatic rings. The van der Waals surface area contributed by atoms with E-state index >= 15 is 0 Å². The maximum absolute atomic E-state index is 12.7. The first-order chi connectivity index (χ1) is 15.2. The van der Waals surface area contributed by atoms with Crippen LogP contribution < -0.4 is 0 Å². The van der Waals surface area contributed by atoms with Gasteiger partial charge in [-0.3, -0.25) is 0 Å². The third-order valence-corrected chi connectivity index (χ3v) is 5.40. The Bertz CT molecular complexity index is 795. The number of ether oxygens (including phenoxy) is 3. The van der Waals surface area contributed by atoms with Gasteiger partial charge in [-0.2, -0.15) is 0 Å². The number of unbranched alkanes of at least 4 members (excludes halogenated alkanes) is 1. The number of carbonyl (C=O) groups excluding carboxylic acids is 2. The van der Waals surface area contributed by atoms with Gasteiger partial charge in [0.25, 0.3) is 0 Å². The molecule has 2 unspecified atom stereocenters. The summed E-state index contributed by atoms with van der Waals surface area (Å²) in [7, 11) is 0. The molecule has 0 bridgehead atoms. The molecular formula is C22H30O10. The molecule has 0 saturated carbocycles. The Kier molecular flexibility index (Phi) is 9.58. The van der Waals surface area contributed by atoms with Gasteiger partial charge in [-0.05, 0) is 24.5 Å². The summed E-state index contributed by atoms with van der Waals surface area (Å²) in [5.41, 5.74) is -0.245. The number of esters is 2. The smallest absolute Gasteiger partial charge is 0.341 e. The fourth-order valence-electron chi connectivity index (χ4n) is 3.33. The summed E-state index contributed by atoms with van der Waals surface area (Å²) >= 11 is 0. The lowest BCUT2D eigenvalue weighted by Gasteiger charge is -2.37. The van der Waals surface area contributed by atoms with Crippen LogP contribution in [0.2, 0.25) is 0 Å². The number of hydrogen-bond acceptors (Lipinski definition) is 9. The monoisotopic (exact) mass is 454 g/mol. The normalized spacial score (nSPS) is 26.2. The van der Waals surface area contributed by atoms with Crippen LogP contribution in [0.4, 0.5) is 0 Å². The van der Waals surface area contributed by atoms with E-state index < -0.39 is 48.6 Å². The van der Waals surface area contributed by atoms with E-state index in [0.717, 1.165) is 25.7 Å². The van der Waals surface area contributed by atoms with Gasteiger partial charge in [0.2, 0.25) is 6.29 Å². The average Bonchev–Trinajstić information content (AvgIpc) is 2.79. The second kappa shape index (κ2) is 11.9. The fourth-order valence-corrected chi connectivity index (χ4v) is 3.33. The van der Waals surface area contributed by atoms with Crippen molar-refractivity contribution >= 4 is 17.9 Å². The molecule has 6 atom stereocenters. The van der Waals surface area contributed by atoms with Crippen LogP contribution in [0.25, 0.3) is 0 Å². The summed E-state index contributed by atoms with van der Waals surface area (Å²) in [6.07, 6.45) is -5.72. The molecule has 1 fully saturated rings. The standard InChI is InChI=1S/C22H30O10/c1-3-5-8-12(4-2)11-30-20(28)13-9-6-7-10-14(13)21(29)32-22-17(25)15(23)16(24)18(31-22)19(26)27/h6-7,9-10,12,15-18,22-25H,3-5,8,11H2,1-2H3,(H,26,27)/t12?,15?,16-,17+,18-,22-/m0/s1. The molecule has 4 N–H and O–H groups in total. The van der Waals surface area contributed by atoms with E-state index in [0.29, 0.717) is 0 Å². The van der Waals surface area contributed by atoms with Gasteiger partial charge in [0.1, 0.15) is 18.3 Å². The number of carboxylic acids is 1. The number of carbonyl (C=O) groups is 3. The largest absolute Gasteiger partial charge is 0.479 e. The van der Waals surface area contributed by atoms with Gasteiger partial charge in [0, 0.05) is 0 Å². The molecule has 1 saturated heterocycles. The van der Waals surface area contributed by atoms with E-state index in [2.05, 4.69) is 6.92 Å². The lowest BCUT2D eigenvalue weighted by molar-refractivity contribution is -0.278. The van der Waals surface area contributed by atoms with Crippen molar-refractivity contribution in [1.82, 2.24) is 0 Å². The summed E-state index contributed by atoms with van der Waals surface area (Å²) < 4.78 is 15.4. The maximum Gasteiger partial charge on any atom is 0.341 e. The highest BCUT2D eigenvalue weighted by atomic mass is 16.7. The zero-order chi connectivity index (χ0) is 23.8. The molecule has 0 radical (unpaired) electrons. The fraction of sp³-hybridized carbons (Fsp3) is 0.591. The maximum atomic E-state index is 12.7. The second-order valence-corrected chi connectivity index (χ2v) is 7.70. The summed E-state index contributed by atoms with van der Waals surface area (Å²) in [6, 6.07) is 5.71. The second-order valence-electron chi connectivity index (χ2n) is 7.70. The Hall–Kier alpha value is -2.53. The zero-order valence-electron chi connectivity index (χ0n) is 18.0. The van der Waals surface area contributed by atoms with Crippen molar-refractivity contribution < 1.29 is 49.0 Å². The van der Waals surface area contributed by atoms with E-state index in [1.54, 1.807) is 0 Å². The third-order valence-electron chi connectivity index (χ3n) is 5.40. The molecule has 178 valence electrons. The minimum absolute atomic E-state index is 0.0662. The highest BCUT2D eigenvalue weighted by Gasteiger charge is 2.48.